The van der Waals surface area contributed by atoms with Crippen LogP contribution in [-0.2, 0) is 4.79 Å². The molecule has 1 aliphatic rings. The Balaban J connectivity index is 2.38. The normalized spacial score (nSPS) is 18.9. The summed E-state index contributed by atoms with van der Waals surface area (Å²) in [6.07, 6.45) is -0.124. The number of nitro benzene ring substituents is 1. The number of carboxylic acids is 1. The number of hydrogen-bond acceptors (Lipinski definition) is 5. The number of rotatable bonds is 4. The lowest BCUT2D eigenvalue weighted by molar-refractivity contribution is -0.384. The molecule has 1 aromatic rings. The van der Waals surface area contributed by atoms with Gasteiger partial charge in [-0.3, -0.25) is 14.9 Å². The zero-order valence-corrected chi connectivity index (χ0v) is 11.3. The Morgan fingerprint density at radius 1 is 1.60 bits per heavy atom. The van der Waals surface area contributed by atoms with E-state index in [2.05, 4.69) is 0 Å². The van der Waals surface area contributed by atoms with Gasteiger partial charge in [-0.1, -0.05) is 0 Å². The van der Waals surface area contributed by atoms with E-state index in [-0.39, 0.29) is 23.8 Å². The number of hydrogen-bond donors (Lipinski definition) is 1. The molecule has 1 saturated heterocycles. The summed E-state index contributed by atoms with van der Waals surface area (Å²) in [7, 11) is 0. The fourth-order valence-electron chi connectivity index (χ4n) is 2.22. The SMILES string of the molecule is O=C(O)CC1CSCCN1c1cc(F)ccc1[N+](=O)[O-]. The molecular formula is C12H13FN2O4S. The summed E-state index contributed by atoms with van der Waals surface area (Å²) in [6.45, 7) is 0.465. The van der Waals surface area contributed by atoms with Gasteiger partial charge in [-0.15, -0.1) is 0 Å². The third-order valence-corrected chi connectivity index (χ3v) is 4.17. The van der Waals surface area contributed by atoms with Gasteiger partial charge in [0.2, 0.25) is 0 Å². The molecule has 6 nitrogen and oxygen atoms in total. The lowest BCUT2D eigenvalue weighted by Gasteiger charge is -2.36. The first-order valence-electron chi connectivity index (χ1n) is 5.99. The Bertz CT molecular complexity index is 540. The van der Waals surface area contributed by atoms with Crippen molar-refractivity contribution in [2.24, 2.45) is 0 Å². The first kappa shape index (κ1) is 14.6. The van der Waals surface area contributed by atoms with E-state index in [9.17, 15) is 19.3 Å². The van der Waals surface area contributed by atoms with Crippen LogP contribution < -0.4 is 4.90 Å². The van der Waals surface area contributed by atoms with Crippen molar-refractivity contribution < 1.29 is 19.2 Å². The maximum atomic E-state index is 13.4. The molecule has 20 heavy (non-hydrogen) atoms. The van der Waals surface area contributed by atoms with Gasteiger partial charge in [-0.05, 0) is 6.07 Å². The summed E-state index contributed by atoms with van der Waals surface area (Å²) < 4.78 is 13.4. The number of benzene rings is 1. The molecule has 0 aromatic heterocycles. The highest BCUT2D eigenvalue weighted by Crippen LogP contribution is 2.33. The van der Waals surface area contributed by atoms with E-state index < -0.39 is 16.7 Å². The second-order valence-corrected chi connectivity index (χ2v) is 5.56. The van der Waals surface area contributed by atoms with Crippen molar-refractivity contribution in [2.45, 2.75) is 12.5 Å². The molecule has 1 N–H and O–H groups in total. The highest BCUT2D eigenvalue weighted by Gasteiger charge is 2.30. The molecule has 1 unspecified atom stereocenters. The maximum absolute atomic E-state index is 13.4. The van der Waals surface area contributed by atoms with Gasteiger partial charge >= 0.3 is 5.97 Å². The summed E-state index contributed by atoms with van der Waals surface area (Å²) >= 11 is 1.59. The van der Waals surface area contributed by atoms with Crippen molar-refractivity contribution >= 4 is 29.1 Å². The third kappa shape index (κ3) is 3.19. The number of carbonyl (C=O) groups is 1. The number of halogens is 1. The molecule has 0 radical (unpaired) electrons. The van der Waals surface area contributed by atoms with Crippen molar-refractivity contribution in [2.75, 3.05) is 23.0 Å². The summed E-state index contributed by atoms with van der Waals surface area (Å²) in [5.74, 6) is -0.261. The second-order valence-electron chi connectivity index (χ2n) is 4.41. The molecule has 1 heterocycles. The van der Waals surface area contributed by atoms with Gasteiger partial charge in [-0.2, -0.15) is 11.8 Å². The van der Waals surface area contributed by atoms with E-state index in [1.54, 1.807) is 16.7 Å². The van der Waals surface area contributed by atoms with Crippen LogP contribution >= 0.6 is 11.8 Å². The lowest BCUT2D eigenvalue weighted by Crippen LogP contribution is -2.44. The van der Waals surface area contributed by atoms with Crippen LogP contribution in [0.1, 0.15) is 6.42 Å². The number of aliphatic carboxylic acids is 1. The number of nitro groups is 1. The number of nitrogens with zero attached hydrogens (tertiary/aromatic N) is 2. The quantitative estimate of drug-likeness (QED) is 0.677. The topological polar surface area (TPSA) is 83.7 Å². The van der Waals surface area contributed by atoms with Gasteiger partial charge in [0.1, 0.15) is 11.5 Å². The van der Waals surface area contributed by atoms with Gasteiger partial charge in [0.25, 0.3) is 5.69 Å². The lowest BCUT2D eigenvalue weighted by atomic mass is 10.1. The summed E-state index contributed by atoms with van der Waals surface area (Å²) in [4.78, 5) is 23.0. The van der Waals surface area contributed by atoms with Crippen molar-refractivity contribution in [3.8, 4) is 0 Å². The van der Waals surface area contributed by atoms with E-state index in [0.29, 0.717) is 12.3 Å². The van der Waals surface area contributed by atoms with Crippen LogP contribution in [-0.4, -0.2) is 40.1 Å². The minimum absolute atomic E-state index is 0.124. The average Bonchev–Trinajstić information content (AvgIpc) is 2.38. The summed E-state index contributed by atoms with van der Waals surface area (Å²) in [5.41, 5.74) is -0.0461. The van der Waals surface area contributed by atoms with E-state index >= 15 is 0 Å². The fourth-order valence-corrected chi connectivity index (χ4v) is 3.29. The van der Waals surface area contributed by atoms with Gasteiger partial charge in [0, 0.05) is 36.2 Å². The Hall–Kier alpha value is -1.83. The predicted molar refractivity (Wildman–Crippen MR) is 73.8 cm³/mol. The molecule has 1 aromatic carbocycles. The van der Waals surface area contributed by atoms with Crippen LogP contribution in [0.5, 0.6) is 0 Å². The largest absolute Gasteiger partial charge is 0.481 e. The average molecular weight is 300 g/mol. The number of thioether (sulfide) groups is 1. The molecular weight excluding hydrogens is 287 g/mol. The van der Waals surface area contributed by atoms with Crippen molar-refractivity contribution in [1.82, 2.24) is 0 Å². The van der Waals surface area contributed by atoms with Gasteiger partial charge in [0.15, 0.2) is 0 Å². The van der Waals surface area contributed by atoms with E-state index in [1.807, 2.05) is 0 Å². The van der Waals surface area contributed by atoms with E-state index in [0.717, 1.165) is 24.0 Å². The Morgan fingerprint density at radius 3 is 3.00 bits per heavy atom. The minimum Gasteiger partial charge on any atom is -0.481 e. The number of anilines is 1. The molecule has 1 aliphatic heterocycles. The Morgan fingerprint density at radius 2 is 2.35 bits per heavy atom. The Labute approximate surface area is 118 Å². The molecule has 1 atom stereocenters. The molecule has 2 rings (SSSR count). The monoisotopic (exact) mass is 300 g/mol. The summed E-state index contributed by atoms with van der Waals surface area (Å²) in [6, 6.07) is 2.88. The highest BCUT2D eigenvalue weighted by molar-refractivity contribution is 7.99. The molecule has 1 fully saturated rings. The fraction of sp³-hybridized carbons (Fsp3) is 0.417. The van der Waals surface area contributed by atoms with Gasteiger partial charge < -0.3 is 10.0 Å². The van der Waals surface area contributed by atoms with Crippen molar-refractivity contribution in [3.63, 3.8) is 0 Å². The molecule has 0 aliphatic carbocycles. The zero-order chi connectivity index (χ0) is 14.7. The van der Waals surface area contributed by atoms with E-state index in [4.69, 9.17) is 5.11 Å². The van der Waals surface area contributed by atoms with Gasteiger partial charge in [0.05, 0.1) is 11.3 Å². The first-order chi connectivity index (χ1) is 9.49. The molecule has 8 heteroatoms. The van der Waals surface area contributed by atoms with Crippen LogP contribution in [0.3, 0.4) is 0 Å². The predicted octanol–water partition coefficient (Wildman–Crippen LogP) is 2.13. The van der Waals surface area contributed by atoms with Gasteiger partial charge in [-0.25, -0.2) is 4.39 Å². The van der Waals surface area contributed by atoms with E-state index in [1.165, 1.54) is 0 Å². The van der Waals surface area contributed by atoms with Crippen LogP contribution in [0.15, 0.2) is 18.2 Å². The minimum atomic E-state index is -0.971. The van der Waals surface area contributed by atoms with Crippen LogP contribution in [0.25, 0.3) is 0 Å². The molecule has 0 spiro atoms. The second kappa shape index (κ2) is 6.08. The van der Waals surface area contributed by atoms with Crippen molar-refractivity contribution in [1.29, 1.82) is 0 Å². The molecule has 0 amide bonds. The maximum Gasteiger partial charge on any atom is 0.305 e. The summed E-state index contributed by atoms with van der Waals surface area (Å²) in [5, 5.41) is 20.0. The zero-order valence-electron chi connectivity index (χ0n) is 10.5. The smallest absolute Gasteiger partial charge is 0.305 e. The van der Waals surface area contributed by atoms with Crippen molar-refractivity contribution in [3.05, 3.63) is 34.1 Å². The first-order valence-corrected chi connectivity index (χ1v) is 7.14. The molecule has 0 saturated carbocycles. The molecule has 0 bridgehead atoms. The van der Waals surface area contributed by atoms with Crippen LogP contribution in [0, 0.1) is 15.9 Å². The van der Waals surface area contributed by atoms with Crippen LogP contribution in [0.4, 0.5) is 15.8 Å². The Kier molecular flexibility index (Phi) is 4.43. The van der Waals surface area contributed by atoms with Crippen LogP contribution in [0.2, 0.25) is 0 Å². The molecule has 108 valence electrons. The highest BCUT2D eigenvalue weighted by atomic mass is 32.2. The standard InChI is InChI=1S/C12H13FN2O4S/c13-8-1-2-10(15(18)19)11(5-8)14-3-4-20-7-9(14)6-12(16)17/h1-2,5,9H,3-4,6-7H2,(H,16,17). The number of carboxylic acid groups (broad SMARTS) is 1. The third-order valence-electron chi connectivity index (χ3n) is 3.08.